The molecule has 0 aromatic rings. The second-order valence-corrected chi connectivity index (χ2v) is 7.90. The van der Waals surface area contributed by atoms with E-state index in [-0.39, 0.29) is 36.0 Å². The van der Waals surface area contributed by atoms with Crippen molar-refractivity contribution in [2.24, 2.45) is 11.7 Å². The summed E-state index contributed by atoms with van der Waals surface area (Å²) in [4.78, 5) is 25.6. The van der Waals surface area contributed by atoms with Crippen molar-refractivity contribution < 1.29 is 14.3 Å². The number of carbonyl (C=O) groups excluding carboxylic acids is 2. The zero-order chi connectivity index (χ0) is 17.8. The van der Waals surface area contributed by atoms with E-state index in [4.69, 9.17) is 10.5 Å². The van der Waals surface area contributed by atoms with Crippen LogP contribution in [-0.2, 0) is 9.53 Å². The van der Waals surface area contributed by atoms with Gasteiger partial charge in [0.05, 0.1) is 6.04 Å². The summed E-state index contributed by atoms with van der Waals surface area (Å²) in [6, 6.07) is -0.0997. The van der Waals surface area contributed by atoms with E-state index in [2.05, 4.69) is 5.32 Å². The molecule has 1 fully saturated rings. The molecule has 1 heterocycles. The second kappa shape index (κ2) is 7.99. The van der Waals surface area contributed by atoms with Crippen LogP contribution in [-0.4, -0.2) is 47.2 Å². The molecule has 3 atom stereocenters. The van der Waals surface area contributed by atoms with E-state index >= 15 is 0 Å². The summed E-state index contributed by atoms with van der Waals surface area (Å²) in [5.41, 5.74) is 4.97. The summed E-state index contributed by atoms with van der Waals surface area (Å²) in [6.45, 7) is 12.3. The summed E-state index contributed by atoms with van der Waals surface area (Å²) >= 11 is 0. The van der Waals surface area contributed by atoms with Gasteiger partial charge in [0.25, 0.3) is 0 Å². The molecule has 0 aromatic carbocycles. The van der Waals surface area contributed by atoms with Crippen molar-refractivity contribution >= 4 is 12.0 Å². The maximum absolute atomic E-state index is 12.3. The highest BCUT2D eigenvalue weighted by Gasteiger charge is 2.33. The zero-order valence-electron chi connectivity index (χ0n) is 15.4. The van der Waals surface area contributed by atoms with Crippen molar-refractivity contribution in [1.82, 2.24) is 10.2 Å². The number of ether oxygens (including phenoxy) is 1. The SMILES string of the molecule is CC(CC1CCCN1C(=O)OC(C)(C)C)NC(C(N)=O)C(C)C. The Balaban J connectivity index is 2.60. The lowest BCUT2D eigenvalue weighted by atomic mass is 10.00. The van der Waals surface area contributed by atoms with E-state index in [0.29, 0.717) is 0 Å². The standard InChI is InChI=1S/C17H33N3O3/c1-11(2)14(15(18)21)19-12(3)10-13-8-7-9-20(13)16(22)23-17(4,5)6/h11-14,19H,7-10H2,1-6H3,(H2,18,21). The maximum atomic E-state index is 12.3. The number of hydrogen-bond donors (Lipinski definition) is 2. The van der Waals surface area contributed by atoms with Crippen LogP contribution in [0.15, 0.2) is 0 Å². The highest BCUT2D eigenvalue weighted by Crippen LogP contribution is 2.24. The minimum absolute atomic E-state index is 0.0999. The van der Waals surface area contributed by atoms with E-state index in [1.807, 2.05) is 46.4 Å². The number of carbonyl (C=O) groups is 2. The summed E-state index contributed by atoms with van der Waals surface area (Å²) in [7, 11) is 0. The molecule has 3 N–H and O–H groups in total. The number of hydrogen-bond acceptors (Lipinski definition) is 4. The molecule has 1 aliphatic rings. The smallest absolute Gasteiger partial charge is 0.410 e. The van der Waals surface area contributed by atoms with Crippen LogP contribution in [0.2, 0.25) is 0 Å². The highest BCUT2D eigenvalue weighted by atomic mass is 16.6. The van der Waals surface area contributed by atoms with Crippen LogP contribution < -0.4 is 11.1 Å². The van der Waals surface area contributed by atoms with Crippen molar-refractivity contribution in [2.75, 3.05) is 6.54 Å². The summed E-state index contributed by atoms with van der Waals surface area (Å²) < 4.78 is 5.48. The predicted molar refractivity (Wildman–Crippen MR) is 91.0 cm³/mol. The molecule has 6 nitrogen and oxygen atoms in total. The maximum Gasteiger partial charge on any atom is 0.410 e. The van der Waals surface area contributed by atoms with Gasteiger partial charge in [0, 0.05) is 18.6 Å². The van der Waals surface area contributed by atoms with Crippen LogP contribution in [0.3, 0.4) is 0 Å². The Bertz CT molecular complexity index is 418. The van der Waals surface area contributed by atoms with Gasteiger partial charge in [-0.05, 0) is 52.9 Å². The summed E-state index contributed by atoms with van der Waals surface area (Å²) in [6.07, 6.45) is 2.49. The number of rotatable bonds is 6. The second-order valence-electron chi connectivity index (χ2n) is 7.90. The third-order valence-corrected chi connectivity index (χ3v) is 4.07. The van der Waals surface area contributed by atoms with Crippen LogP contribution in [0.1, 0.15) is 60.8 Å². The molecule has 0 saturated carbocycles. The van der Waals surface area contributed by atoms with Crippen molar-refractivity contribution in [2.45, 2.75) is 84.5 Å². The largest absolute Gasteiger partial charge is 0.444 e. The monoisotopic (exact) mass is 327 g/mol. The first-order valence-electron chi connectivity index (χ1n) is 8.56. The predicted octanol–water partition coefficient (Wildman–Crippen LogP) is 2.26. The molecule has 1 aliphatic heterocycles. The Labute approximate surface area is 140 Å². The third-order valence-electron chi connectivity index (χ3n) is 4.07. The van der Waals surface area contributed by atoms with Gasteiger partial charge in [0.2, 0.25) is 5.91 Å². The Morgan fingerprint density at radius 3 is 2.39 bits per heavy atom. The molecule has 1 rings (SSSR count). The first-order valence-corrected chi connectivity index (χ1v) is 8.56. The molecule has 0 aromatic heterocycles. The number of primary amides is 1. The average molecular weight is 327 g/mol. The summed E-state index contributed by atoms with van der Waals surface area (Å²) in [5, 5.41) is 3.30. The average Bonchev–Trinajstić information content (AvgIpc) is 2.81. The Morgan fingerprint density at radius 1 is 1.30 bits per heavy atom. The van der Waals surface area contributed by atoms with Gasteiger partial charge < -0.3 is 20.7 Å². The molecule has 23 heavy (non-hydrogen) atoms. The van der Waals surface area contributed by atoms with Gasteiger partial charge in [0.15, 0.2) is 0 Å². The lowest BCUT2D eigenvalue weighted by Gasteiger charge is -2.31. The van der Waals surface area contributed by atoms with Crippen molar-refractivity contribution in [3.05, 3.63) is 0 Å². The number of nitrogens with zero attached hydrogens (tertiary/aromatic N) is 1. The van der Waals surface area contributed by atoms with E-state index in [9.17, 15) is 9.59 Å². The molecule has 0 radical (unpaired) electrons. The van der Waals surface area contributed by atoms with Gasteiger partial charge in [-0.3, -0.25) is 4.79 Å². The Morgan fingerprint density at radius 2 is 1.91 bits per heavy atom. The molecule has 6 heteroatoms. The fourth-order valence-electron chi connectivity index (χ4n) is 3.03. The van der Waals surface area contributed by atoms with Crippen LogP contribution in [0.5, 0.6) is 0 Å². The van der Waals surface area contributed by atoms with E-state index in [0.717, 1.165) is 25.8 Å². The highest BCUT2D eigenvalue weighted by molar-refractivity contribution is 5.80. The minimum atomic E-state index is -0.483. The van der Waals surface area contributed by atoms with Gasteiger partial charge in [-0.1, -0.05) is 13.8 Å². The van der Waals surface area contributed by atoms with Gasteiger partial charge >= 0.3 is 6.09 Å². The summed E-state index contributed by atoms with van der Waals surface area (Å²) in [5.74, 6) is -0.192. The fourth-order valence-corrected chi connectivity index (χ4v) is 3.03. The van der Waals surface area contributed by atoms with E-state index < -0.39 is 5.60 Å². The molecule has 3 unspecified atom stereocenters. The normalized spacial score (nSPS) is 21.3. The van der Waals surface area contributed by atoms with Gasteiger partial charge in [0.1, 0.15) is 5.60 Å². The lowest BCUT2D eigenvalue weighted by molar-refractivity contribution is -0.121. The molecular formula is C17H33N3O3. The number of nitrogens with one attached hydrogen (secondary N) is 1. The van der Waals surface area contributed by atoms with Crippen LogP contribution in [0.4, 0.5) is 4.79 Å². The molecule has 0 aliphatic carbocycles. The molecule has 1 saturated heterocycles. The quantitative estimate of drug-likeness (QED) is 0.784. The Hall–Kier alpha value is -1.30. The topological polar surface area (TPSA) is 84.7 Å². The Kier molecular flexibility index (Phi) is 6.86. The van der Waals surface area contributed by atoms with Crippen molar-refractivity contribution in [3.63, 3.8) is 0 Å². The van der Waals surface area contributed by atoms with Crippen LogP contribution >= 0.6 is 0 Å². The van der Waals surface area contributed by atoms with E-state index in [1.54, 1.807) is 0 Å². The third kappa shape index (κ3) is 6.37. The van der Waals surface area contributed by atoms with Crippen molar-refractivity contribution in [3.8, 4) is 0 Å². The van der Waals surface area contributed by atoms with Gasteiger partial charge in [-0.15, -0.1) is 0 Å². The molecular weight excluding hydrogens is 294 g/mol. The molecule has 0 spiro atoms. The molecule has 134 valence electrons. The zero-order valence-corrected chi connectivity index (χ0v) is 15.4. The number of nitrogens with two attached hydrogens (primary N) is 1. The van der Waals surface area contributed by atoms with Gasteiger partial charge in [-0.25, -0.2) is 4.79 Å². The fraction of sp³-hybridized carbons (Fsp3) is 0.882. The molecule has 2 amide bonds. The first-order chi connectivity index (χ1) is 10.5. The minimum Gasteiger partial charge on any atom is -0.444 e. The van der Waals surface area contributed by atoms with Gasteiger partial charge in [-0.2, -0.15) is 0 Å². The van der Waals surface area contributed by atoms with Crippen molar-refractivity contribution in [1.29, 1.82) is 0 Å². The van der Waals surface area contributed by atoms with E-state index in [1.165, 1.54) is 0 Å². The molecule has 0 bridgehead atoms. The van der Waals surface area contributed by atoms with Crippen LogP contribution in [0.25, 0.3) is 0 Å². The lowest BCUT2D eigenvalue weighted by Crippen LogP contribution is -2.50. The first kappa shape index (κ1) is 19.7. The van der Waals surface area contributed by atoms with Crippen LogP contribution in [0, 0.1) is 5.92 Å². The number of amides is 2. The number of likely N-dealkylation sites (tertiary alicyclic amines) is 1.